The lowest BCUT2D eigenvalue weighted by molar-refractivity contribution is 0.0183. The molecule has 0 spiro atoms. The molecule has 17 heavy (non-hydrogen) atoms. The molecule has 0 radical (unpaired) electrons. The van der Waals surface area contributed by atoms with E-state index in [0.717, 1.165) is 13.1 Å². The predicted molar refractivity (Wildman–Crippen MR) is 74.1 cm³/mol. The van der Waals surface area contributed by atoms with Gasteiger partial charge in [-0.15, -0.1) is 6.42 Å². The van der Waals surface area contributed by atoms with E-state index in [2.05, 4.69) is 49.1 Å². The van der Waals surface area contributed by atoms with Crippen molar-refractivity contribution < 1.29 is 0 Å². The average Bonchev–Trinajstić information content (AvgIpc) is 2.22. The number of terminal acetylenes is 1. The van der Waals surface area contributed by atoms with Crippen molar-refractivity contribution in [3.05, 3.63) is 0 Å². The Bertz CT molecular complexity index is 263. The lowest BCUT2D eigenvalue weighted by Crippen LogP contribution is -2.58. The van der Waals surface area contributed by atoms with Crippen molar-refractivity contribution in [2.45, 2.75) is 37.8 Å². The third kappa shape index (κ3) is 3.70. The van der Waals surface area contributed by atoms with Gasteiger partial charge in [0, 0.05) is 24.7 Å². The van der Waals surface area contributed by atoms with Gasteiger partial charge in [0.2, 0.25) is 0 Å². The van der Waals surface area contributed by atoms with Gasteiger partial charge in [0.25, 0.3) is 0 Å². The minimum Gasteiger partial charge on any atom is -0.305 e. The lowest BCUT2D eigenvalue weighted by Gasteiger charge is -2.50. The molecule has 1 unspecified atom stereocenters. The molecule has 0 heterocycles. The molecular formula is C14H27N3. The summed E-state index contributed by atoms with van der Waals surface area (Å²) in [6.45, 7) is 5.03. The largest absolute Gasteiger partial charge is 0.305 e. The van der Waals surface area contributed by atoms with Crippen LogP contribution in [0.5, 0.6) is 0 Å². The number of hydrogen-bond donors (Lipinski definition) is 1. The first-order valence-corrected chi connectivity index (χ1v) is 6.54. The summed E-state index contributed by atoms with van der Waals surface area (Å²) in [4.78, 5) is 4.84. The molecule has 0 amide bonds. The molecule has 1 N–H and O–H groups in total. The topological polar surface area (TPSA) is 18.5 Å². The second kappa shape index (κ2) is 6.39. The van der Waals surface area contributed by atoms with Gasteiger partial charge >= 0.3 is 0 Å². The zero-order valence-electron chi connectivity index (χ0n) is 11.8. The molecule has 1 aliphatic rings. The Morgan fingerprint density at radius 3 is 2.41 bits per heavy atom. The van der Waals surface area contributed by atoms with Gasteiger partial charge in [0.15, 0.2) is 0 Å². The molecular weight excluding hydrogens is 210 g/mol. The second-order valence-corrected chi connectivity index (χ2v) is 5.57. The van der Waals surface area contributed by atoms with E-state index in [1.54, 1.807) is 0 Å². The van der Waals surface area contributed by atoms with Crippen molar-refractivity contribution in [3.63, 3.8) is 0 Å². The molecule has 1 aliphatic carbocycles. The van der Waals surface area contributed by atoms with E-state index in [-0.39, 0.29) is 0 Å². The molecule has 1 atom stereocenters. The van der Waals surface area contributed by atoms with Gasteiger partial charge in [-0.3, -0.25) is 0 Å². The van der Waals surface area contributed by atoms with Gasteiger partial charge < -0.3 is 15.1 Å². The van der Waals surface area contributed by atoms with Crippen LogP contribution >= 0.6 is 0 Å². The Balaban J connectivity index is 2.37. The Hall–Kier alpha value is -0.560. The third-order valence-electron chi connectivity index (χ3n) is 4.20. The fraction of sp³-hybridized carbons (Fsp3) is 0.857. The van der Waals surface area contributed by atoms with Crippen molar-refractivity contribution in [2.24, 2.45) is 0 Å². The van der Waals surface area contributed by atoms with Crippen molar-refractivity contribution in [1.82, 2.24) is 15.1 Å². The first kappa shape index (κ1) is 14.5. The summed E-state index contributed by atoms with van der Waals surface area (Å²) in [7, 11) is 6.62. The van der Waals surface area contributed by atoms with E-state index in [9.17, 15) is 0 Å². The zero-order chi connectivity index (χ0) is 12.9. The maximum atomic E-state index is 5.23. The molecule has 0 aliphatic heterocycles. The van der Waals surface area contributed by atoms with E-state index in [1.165, 1.54) is 19.3 Å². The predicted octanol–water partition coefficient (Wildman–Crippen LogP) is 1.01. The van der Waals surface area contributed by atoms with Crippen LogP contribution in [0.4, 0.5) is 0 Å². The highest BCUT2D eigenvalue weighted by Crippen LogP contribution is 2.36. The summed E-state index contributed by atoms with van der Waals surface area (Å²) in [5.74, 6) is 2.61. The van der Waals surface area contributed by atoms with Gasteiger partial charge in [-0.1, -0.05) is 5.92 Å². The molecule has 1 rings (SSSR count). The summed E-state index contributed by atoms with van der Waals surface area (Å²) < 4.78 is 0. The van der Waals surface area contributed by atoms with Gasteiger partial charge in [0.1, 0.15) is 0 Å². The molecule has 0 aromatic heterocycles. The van der Waals surface area contributed by atoms with E-state index >= 15 is 0 Å². The Kier molecular flexibility index (Phi) is 5.45. The third-order valence-corrected chi connectivity index (χ3v) is 4.20. The highest BCUT2D eigenvalue weighted by molar-refractivity contribution is 4.98. The van der Waals surface area contributed by atoms with Crippen LogP contribution in [0, 0.1) is 12.3 Å². The monoisotopic (exact) mass is 237 g/mol. The smallest absolute Gasteiger partial charge is 0.0574 e. The standard InChI is InChI=1S/C14H27N3/c1-6-10-15-11-13(2)17(5)12-14(16(3)4)8-7-9-14/h1,13,15H,7-12H2,2-5H3. The quantitative estimate of drug-likeness (QED) is 0.527. The number of likely N-dealkylation sites (N-methyl/N-ethyl adjacent to an activating group) is 2. The van der Waals surface area contributed by atoms with E-state index in [4.69, 9.17) is 6.42 Å². The molecule has 98 valence electrons. The minimum atomic E-state index is 0.412. The van der Waals surface area contributed by atoms with Crippen LogP contribution in [0.25, 0.3) is 0 Å². The first-order chi connectivity index (χ1) is 8.02. The minimum absolute atomic E-state index is 0.412. The first-order valence-electron chi connectivity index (χ1n) is 6.54. The van der Waals surface area contributed by atoms with E-state index in [1.807, 2.05) is 0 Å². The summed E-state index contributed by atoms with van der Waals surface area (Å²) in [6, 6.07) is 0.528. The summed E-state index contributed by atoms with van der Waals surface area (Å²) >= 11 is 0. The molecule has 0 bridgehead atoms. The van der Waals surface area contributed by atoms with Crippen molar-refractivity contribution in [3.8, 4) is 12.3 Å². The number of nitrogens with zero attached hydrogens (tertiary/aromatic N) is 2. The van der Waals surface area contributed by atoms with Gasteiger partial charge in [-0.2, -0.15) is 0 Å². The molecule has 3 heteroatoms. The Morgan fingerprint density at radius 2 is 2.00 bits per heavy atom. The Morgan fingerprint density at radius 1 is 1.35 bits per heavy atom. The average molecular weight is 237 g/mol. The van der Waals surface area contributed by atoms with Gasteiger partial charge in [-0.25, -0.2) is 0 Å². The summed E-state index contributed by atoms with van der Waals surface area (Å²) in [5, 5.41) is 3.28. The van der Waals surface area contributed by atoms with Crippen LogP contribution in [0.2, 0.25) is 0 Å². The number of hydrogen-bond acceptors (Lipinski definition) is 3. The van der Waals surface area contributed by atoms with Crippen molar-refractivity contribution in [1.29, 1.82) is 0 Å². The van der Waals surface area contributed by atoms with Crippen LogP contribution in [0.1, 0.15) is 26.2 Å². The normalized spacial score (nSPS) is 20.1. The molecule has 1 fully saturated rings. The maximum absolute atomic E-state index is 5.23. The summed E-state index contributed by atoms with van der Waals surface area (Å²) in [6.07, 6.45) is 9.26. The van der Waals surface area contributed by atoms with Crippen molar-refractivity contribution in [2.75, 3.05) is 40.8 Å². The molecule has 1 saturated carbocycles. The molecule has 3 nitrogen and oxygen atoms in total. The molecule has 0 saturated heterocycles. The fourth-order valence-corrected chi connectivity index (χ4v) is 2.46. The lowest BCUT2D eigenvalue weighted by atomic mass is 9.75. The van der Waals surface area contributed by atoms with Gasteiger partial charge in [0.05, 0.1) is 6.54 Å². The van der Waals surface area contributed by atoms with Crippen LogP contribution in [-0.4, -0.2) is 62.2 Å². The highest BCUT2D eigenvalue weighted by Gasteiger charge is 2.40. The SMILES string of the molecule is C#CCNCC(C)N(C)CC1(N(C)C)CCC1. The highest BCUT2D eigenvalue weighted by atomic mass is 15.2. The fourth-order valence-electron chi connectivity index (χ4n) is 2.46. The van der Waals surface area contributed by atoms with Crippen molar-refractivity contribution >= 4 is 0 Å². The maximum Gasteiger partial charge on any atom is 0.0574 e. The second-order valence-electron chi connectivity index (χ2n) is 5.57. The number of rotatable bonds is 7. The van der Waals surface area contributed by atoms with Gasteiger partial charge in [-0.05, 0) is 47.3 Å². The van der Waals surface area contributed by atoms with Crippen LogP contribution in [-0.2, 0) is 0 Å². The molecule has 0 aromatic rings. The van der Waals surface area contributed by atoms with Crippen LogP contribution < -0.4 is 5.32 Å². The van der Waals surface area contributed by atoms with Crippen LogP contribution in [0.3, 0.4) is 0 Å². The molecule has 0 aromatic carbocycles. The van der Waals surface area contributed by atoms with E-state index in [0.29, 0.717) is 18.1 Å². The summed E-state index contributed by atoms with van der Waals surface area (Å²) in [5.41, 5.74) is 0.412. The van der Waals surface area contributed by atoms with E-state index < -0.39 is 0 Å². The Labute approximate surface area is 107 Å². The van der Waals surface area contributed by atoms with Crippen LogP contribution in [0.15, 0.2) is 0 Å². The zero-order valence-corrected chi connectivity index (χ0v) is 11.8. The number of nitrogens with one attached hydrogen (secondary N) is 1.